The summed E-state index contributed by atoms with van der Waals surface area (Å²) in [5, 5.41) is 3.12. The predicted octanol–water partition coefficient (Wildman–Crippen LogP) is 3.06. The normalized spacial score (nSPS) is 23.5. The second-order valence-electron chi connectivity index (χ2n) is 6.28. The summed E-state index contributed by atoms with van der Waals surface area (Å²) in [6, 6.07) is 10.5. The fourth-order valence-corrected chi connectivity index (χ4v) is 3.33. The number of carbonyl (C=O) groups is 1. The van der Waals surface area contributed by atoms with Crippen LogP contribution < -0.4 is 11.1 Å². The van der Waals surface area contributed by atoms with E-state index in [2.05, 4.69) is 36.5 Å². The zero-order chi connectivity index (χ0) is 15.1. The van der Waals surface area contributed by atoms with Gasteiger partial charge in [0.2, 0.25) is 5.91 Å². The van der Waals surface area contributed by atoms with Crippen LogP contribution in [-0.4, -0.2) is 19.0 Å². The molecular weight excluding hydrogens is 260 g/mol. The number of nitrogens with one attached hydrogen (secondary N) is 1. The lowest BCUT2D eigenvalue weighted by atomic mass is 9.78. The van der Waals surface area contributed by atoms with E-state index in [-0.39, 0.29) is 11.8 Å². The molecule has 1 fully saturated rings. The average Bonchev–Trinajstić information content (AvgIpc) is 2.55. The van der Waals surface area contributed by atoms with Crippen LogP contribution in [0.3, 0.4) is 0 Å². The molecule has 0 aromatic heterocycles. The van der Waals surface area contributed by atoms with Gasteiger partial charge in [-0.05, 0) is 43.2 Å². The Kier molecular flexibility index (Phi) is 6.24. The summed E-state index contributed by atoms with van der Waals surface area (Å²) in [4.78, 5) is 12.3. The van der Waals surface area contributed by atoms with Gasteiger partial charge in [0.05, 0.1) is 0 Å². The third-order valence-corrected chi connectivity index (χ3v) is 4.79. The molecule has 0 saturated heterocycles. The molecule has 1 amide bonds. The highest BCUT2D eigenvalue weighted by molar-refractivity contribution is 5.79. The molecule has 0 bridgehead atoms. The fourth-order valence-electron chi connectivity index (χ4n) is 3.33. The standard InChI is InChI=1S/C18H28N2O/c1-14(15-7-3-2-4-8-15)11-12-20-18(21)17-10-6-5-9-16(17)13-19/h2-4,7-8,14,16-17H,5-6,9-13,19H2,1H3,(H,20,21). The van der Waals surface area contributed by atoms with Crippen LogP contribution >= 0.6 is 0 Å². The van der Waals surface area contributed by atoms with E-state index in [0.717, 1.165) is 32.2 Å². The minimum absolute atomic E-state index is 0.135. The molecule has 1 aliphatic rings. The number of benzene rings is 1. The van der Waals surface area contributed by atoms with Crippen LogP contribution in [0.1, 0.15) is 50.5 Å². The molecule has 3 nitrogen and oxygen atoms in total. The first-order valence-electron chi connectivity index (χ1n) is 8.25. The fraction of sp³-hybridized carbons (Fsp3) is 0.611. The zero-order valence-electron chi connectivity index (χ0n) is 13.1. The van der Waals surface area contributed by atoms with E-state index in [9.17, 15) is 4.79 Å². The molecule has 0 aliphatic heterocycles. The van der Waals surface area contributed by atoms with Crippen molar-refractivity contribution in [3.05, 3.63) is 35.9 Å². The SMILES string of the molecule is CC(CCNC(=O)C1CCCCC1CN)c1ccccc1. The lowest BCUT2D eigenvalue weighted by Gasteiger charge is -2.29. The van der Waals surface area contributed by atoms with Gasteiger partial charge in [-0.3, -0.25) is 4.79 Å². The van der Waals surface area contributed by atoms with Gasteiger partial charge in [-0.25, -0.2) is 0 Å². The Hall–Kier alpha value is -1.35. The van der Waals surface area contributed by atoms with Crippen LogP contribution in [0.15, 0.2) is 30.3 Å². The monoisotopic (exact) mass is 288 g/mol. The minimum Gasteiger partial charge on any atom is -0.356 e. The van der Waals surface area contributed by atoms with Crippen molar-refractivity contribution in [3.63, 3.8) is 0 Å². The average molecular weight is 288 g/mol. The molecule has 0 heterocycles. The van der Waals surface area contributed by atoms with E-state index in [1.54, 1.807) is 0 Å². The van der Waals surface area contributed by atoms with Crippen molar-refractivity contribution in [1.82, 2.24) is 5.32 Å². The number of carbonyl (C=O) groups excluding carboxylic acids is 1. The molecule has 21 heavy (non-hydrogen) atoms. The Morgan fingerprint density at radius 1 is 1.29 bits per heavy atom. The molecule has 1 aromatic carbocycles. The Balaban J connectivity index is 1.76. The van der Waals surface area contributed by atoms with E-state index in [1.165, 1.54) is 12.0 Å². The van der Waals surface area contributed by atoms with Crippen LogP contribution in [0.5, 0.6) is 0 Å². The van der Waals surface area contributed by atoms with Gasteiger partial charge in [-0.15, -0.1) is 0 Å². The summed E-state index contributed by atoms with van der Waals surface area (Å²) in [5.74, 6) is 1.20. The van der Waals surface area contributed by atoms with E-state index < -0.39 is 0 Å². The summed E-state index contributed by atoms with van der Waals surface area (Å²) in [5.41, 5.74) is 7.14. The van der Waals surface area contributed by atoms with Gasteiger partial charge in [0.1, 0.15) is 0 Å². The number of amides is 1. The molecule has 1 aromatic rings. The quantitative estimate of drug-likeness (QED) is 0.845. The number of rotatable bonds is 6. The van der Waals surface area contributed by atoms with Crippen molar-refractivity contribution >= 4 is 5.91 Å². The van der Waals surface area contributed by atoms with Crippen LogP contribution in [0.4, 0.5) is 0 Å². The topological polar surface area (TPSA) is 55.1 Å². The van der Waals surface area contributed by atoms with E-state index in [1.807, 2.05) is 6.07 Å². The predicted molar refractivity (Wildman–Crippen MR) is 87.0 cm³/mol. The molecule has 3 heteroatoms. The second kappa shape index (κ2) is 8.18. The van der Waals surface area contributed by atoms with Gasteiger partial charge in [0.25, 0.3) is 0 Å². The molecule has 116 valence electrons. The minimum atomic E-state index is 0.135. The van der Waals surface area contributed by atoms with Crippen LogP contribution in [0.2, 0.25) is 0 Å². The lowest BCUT2D eigenvalue weighted by molar-refractivity contribution is -0.127. The summed E-state index contributed by atoms with van der Waals surface area (Å²) in [6.07, 6.45) is 5.47. The summed E-state index contributed by atoms with van der Waals surface area (Å²) < 4.78 is 0. The third kappa shape index (κ3) is 4.57. The zero-order valence-corrected chi connectivity index (χ0v) is 13.1. The number of nitrogens with two attached hydrogens (primary N) is 1. The van der Waals surface area contributed by atoms with Gasteiger partial charge >= 0.3 is 0 Å². The Labute approximate surface area is 128 Å². The Bertz CT molecular complexity index is 432. The van der Waals surface area contributed by atoms with Crippen molar-refractivity contribution in [1.29, 1.82) is 0 Å². The van der Waals surface area contributed by atoms with Crippen LogP contribution in [0.25, 0.3) is 0 Å². The molecule has 3 unspecified atom stereocenters. The van der Waals surface area contributed by atoms with Gasteiger partial charge in [0, 0.05) is 12.5 Å². The van der Waals surface area contributed by atoms with Crippen molar-refractivity contribution in [2.75, 3.05) is 13.1 Å². The largest absolute Gasteiger partial charge is 0.356 e. The van der Waals surface area contributed by atoms with Gasteiger partial charge in [-0.2, -0.15) is 0 Å². The molecule has 0 spiro atoms. The van der Waals surface area contributed by atoms with Gasteiger partial charge < -0.3 is 11.1 Å². The molecule has 1 saturated carbocycles. The molecule has 0 radical (unpaired) electrons. The molecule has 1 aliphatic carbocycles. The molecule has 3 atom stereocenters. The number of hydrogen-bond acceptors (Lipinski definition) is 2. The van der Waals surface area contributed by atoms with Gasteiger partial charge in [-0.1, -0.05) is 50.1 Å². The highest BCUT2D eigenvalue weighted by atomic mass is 16.1. The highest BCUT2D eigenvalue weighted by Gasteiger charge is 2.29. The summed E-state index contributed by atoms with van der Waals surface area (Å²) in [7, 11) is 0. The smallest absolute Gasteiger partial charge is 0.223 e. The van der Waals surface area contributed by atoms with E-state index in [4.69, 9.17) is 5.73 Å². The van der Waals surface area contributed by atoms with Crippen molar-refractivity contribution < 1.29 is 4.79 Å². The maximum atomic E-state index is 12.3. The van der Waals surface area contributed by atoms with Crippen LogP contribution in [-0.2, 0) is 4.79 Å². The number of hydrogen-bond donors (Lipinski definition) is 2. The highest BCUT2D eigenvalue weighted by Crippen LogP contribution is 2.29. The third-order valence-electron chi connectivity index (χ3n) is 4.79. The summed E-state index contributed by atoms with van der Waals surface area (Å²) in [6.45, 7) is 3.60. The molecule has 3 N–H and O–H groups in total. The van der Waals surface area contributed by atoms with Gasteiger partial charge in [0.15, 0.2) is 0 Å². The van der Waals surface area contributed by atoms with E-state index in [0.29, 0.717) is 18.4 Å². The van der Waals surface area contributed by atoms with E-state index >= 15 is 0 Å². The Morgan fingerprint density at radius 2 is 2.00 bits per heavy atom. The van der Waals surface area contributed by atoms with Crippen molar-refractivity contribution in [3.8, 4) is 0 Å². The first kappa shape index (κ1) is 16.0. The summed E-state index contributed by atoms with van der Waals surface area (Å²) >= 11 is 0. The molecule has 2 rings (SSSR count). The van der Waals surface area contributed by atoms with Crippen LogP contribution in [0, 0.1) is 11.8 Å². The first-order chi connectivity index (χ1) is 10.2. The Morgan fingerprint density at radius 3 is 2.71 bits per heavy atom. The maximum absolute atomic E-state index is 12.3. The van der Waals surface area contributed by atoms with Crippen molar-refractivity contribution in [2.45, 2.75) is 44.9 Å². The maximum Gasteiger partial charge on any atom is 0.223 e. The second-order valence-corrected chi connectivity index (χ2v) is 6.28. The molecular formula is C18H28N2O. The lowest BCUT2D eigenvalue weighted by Crippen LogP contribution is -2.39. The van der Waals surface area contributed by atoms with Crippen molar-refractivity contribution in [2.24, 2.45) is 17.6 Å². The first-order valence-corrected chi connectivity index (χ1v) is 8.25.